The average Bonchev–Trinajstić information content (AvgIpc) is 2.54. The molecule has 114 valence electrons. The van der Waals surface area contributed by atoms with E-state index in [0.29, 0.717) is 17.6 Å². The van der Waals surface area contributed by atoms with Crippen LogP contribution in [-0.2, 0) is 16.1 Å². The summed E-state index contributed by atoms with van der Waals surface area (Å²) in [5.74, 6) is -0.502. The second-order valence-corrected chi connectivity index (χ2v) is 6.39. The van der Waals surface area contributed by atoms with Gasteiger partial charge in [0, 0.05) is 24.0 Å². The Hall–Kier alpha value is -1.43. The minimum atomic E-state index is -0.501. The first-order valence-corrected chi connectivity index (χ1v) is 7.70. The Kier molecular flexibility index (Phi) is 4.98. The van der Waals surface area contributed by atoms with Gasteiger partial charge >= 0.3 is 0 Å². The number of amides is 2. The van der Waals surface area contributed by atoms with Crippen LogP contribution in [0.5, 0.6) is 0 Å². The minimum Gasteiger partial charge on any atom is -0.344 e. The van der Waals surface area contributed by atoms with Gasteiger partial charge in [0.05, 0.1) is 0 Å². The zero-order chi connectivity index (χ0) is 15.6. The molecule has 0 saturated carbocycles. The predicted octanol–water partition coefficient (Wildman–Crippen LogP) is 2.46. The number of nitrogens with one attached hydrogen (secondary N) is 1. The number of benzene rings is 1. The van der Waals surface area contributed by atoms with E-state index in [4.69, 9.17) is 0 Å². The Morgan fingerprint density at radius 2 is 2.14 bits per heavy atom. The maximum Gasteiger partial charge on any atom is 0.245 e. The van der Waals surface area contributed by atoms with Crippen molar-refractivity contribution in [1.82, 2.24) is 10.2 Å². The third-order valence-electron chi connectivity index (χ3n) is 3.55. The SMILES string of the molecule is CC(C)C1NC(=O)CCN(Cc2ccc(F)cc2Br)C1=O. The Bertz CT molecular complexity index is 563. The van der Waals surface area contributed by atoms with E-state index in [0.717, 1.165) is 5.56 Å². The number of hydrogen-bond donors (Lipinski definition) is 1. The van der Waals surface area contributed by atoms with Crippen molar-refractivity contribution in [3.05, 3.63) is 34.1 Å². The standard InChI is InChI=1S/C15H18BrFN2O2/c1-9(2)14-15(21)19(6-5-13(20)18-14)8-10-3-4-11(17)7-12(10)16/h3-4,7,9,14H,5-6,8H2,1-2H3,(H,18,20). The number of carbonyl (C=O) groups excluding carboxylic acids is 2. The molecule has 1 fully saturated rings. The predicted molar refractivity (Wildman–Crippen MR) is 80.9 cm³/mol. The molecule has 0 bridgehead atoms. The number of halogens is 2. The smallest absolute Gasteiger partial charge is 0.245 e. The van der Waals surface area contributed by atoms with Gasteiger partial charge in [0.25, 0.3) is 0 Å². The van der Waals surface area contributed by atoms with Crippen LogP contribution in [0.1, 0.15) is 25.8 Å². The molecule has 0 aliphatic carbocycles. The maximum absolute atomic E-state index is 13.1. The molecule has 1 aromatic carbocycles. The molecule has 6 heteroatoms. The molecular weight excluding hydrogens is 339 g/mol. The summed E-state index contributed by atoms with van der Waals surface area (Å²) in [5, 5.41) is 2.77. The van der Waals surface area contributed by atoms with E-state index in [1.165, 1.54) is 12.1 Å². The molecule has 4 nitrogen and oxygen atoms in total. The third-order valence-corrected chi connectivity index (χ3v) is 4.28. The van der Waals surface area contributed by atoms with Gasteiger partial charge in [-0.15, -0.1) is 0 Å². The molecule has 2 amide bonds. The van der Waals surface area contributed by atoms with Crippen molar-refractivity contribution in [2.75, 3.05) is 6.54 Å². The van der Waals surface area contributed by atoms with E-state index < -0.39 is 6.04 Å². The quantitative estimate of drug-likeness (QED) is 0.904. The number of nitrogens with zero attached hydrogens (tertiary/aromatic N) is 1. The molecule has 1 heterocycles. The lowest BCUT2D eigenvalue weighted by Crippen LogP contribution is -2.47. The molecule has 1 atom stereocenters. The van der Waals surface area contributed by atoms with Crippen molar-refractivity contribution in [3.63, 3.8) is 0 Å². The van der Waals surface area contributed by atoms with Gasteiger partial charge in [-0.05, 0) is 23.6 Å². The van der Waals surface area contributed by atoms with E-state index in [1.54, 1.807) is 11.0 Å². The normalized spacial score (nSPS) is 19.7. The summed E-state index contributed by atoms with van der Waals surface area (Å²) in [6.45, 7) is 4.54. The molecule has 1 unspecified atom stereocenters. The van der Waals surface area contributed by atoms with Gasteiger partial charge in [0.15, 0.2) is 0 Å². The first-order chi connectivity index (χ1) is 9.88. The van der Waals surface area contributed by atoms with Crippen LogP contribution in [-0.4, -0.2) is 29.3 Å². The Balaban J connectivity index is 2.21. The van der Waals surface area contributed by atoms with Gasteiger partial charge in [-0.25, -0.2) is 4.39 Å². The Morgan fingerprint density at radius 3 is 2.76 bits per heavy atom. The van der Waals surface area contributed by atoms with Crippen molar-refractivity contribution in [2.24, 2.45) is 5.92 Å². The molecule has 0 spiro atoms. The van der Waals surface area contributed by atoms with Crippen LogP contribution < -0.4 is 5.32 Å². The van der Waals surface area contributed by atoms with Gasteiger partial charge in [-0.1, -0.05) is 35.8 Å². The summed E-state index contributed by atoms with van der Waals surface area (Å²) in [7, 11) is 0. The first-order valence-electron chi connectivity index (χ1n) is 6.90. The first kappa shape index (κ1) is 15.9. The van der Waals surface area contributed by atoms with Crippen molar-refractivity contribution in [3.8, 4) is 0 Å². The van der Waals surface area contributed by atoms with Crippen molar-refractivity contribution in [2.45, 2.75) is 32.9 Å². The van der Waals surface area contributed by atoms with Crippen molar-refractivity contribution >= 4 is 27.7 Å². The monoisotopic (exact) mass is 356 g/mol. The summed E-state index contributed by atoms with van der Waals surface area (Å²) in [5.41, 5.74) is 0.821. The highest BCUT2D eigenvalue weighted by Gasteiger charge is 2.32. The summed E-state index contributed by atoms with van der Waals surface area (Å²) in [4.78, 5) is 25.9. The van der Waals surface area contributed by atoms with Gasteiger partial charge in [-0.3, -0.25) is 9.59 Å². The van der Waals surface area contributed by atoms with Crippen LogP contribution in [0.15, 0.2) is 22.7 Å². The van der Waals surface area contributed by atoms with Gasteiger partial charge < -0.3 is 10.2 Å². The molecule has 1 aromatic rings. The van der Waals surface area contributed by atoms with Crippen LogP contribution in [0, 0.1) is 11.7 Å². The number of rotatable bonds is 3. The topological polar surface area (TPSA) is 49.4 Å². The summed E-state index contributed by atoms with van der Waals surface area (Å²) in [6.07, 6.45) is 0.285. The number of carbonyl (C=O) groups is 2. The largest absolute Gasteiger partial charge is 0.344 e. The minimum absolute atomic E-state index is 0.0266. The van der Waals surface area contributed by atoms with Crippen molar-refractivity contribution in [1.29, 1.82) is 0 Å². The highest BCUT2D eigenvalue weighted by atomic mass is 79.9. The molecule has 0 radical (unpaired) electrons. The molecule has 1 aliphatic heterocycles. The third kappa shape index (κ3) is 3.81. The molecular formula is C15H18BrFN2O2. The van der Waals surface area contributed by atoms with Gasteiger partial charge in [0.1, 0.15) is 11.9 Å². The van der Waals surface area contributed by atoms with Crippen LogP contribution in [0.3, 0.4) is 0 Å². The Morgan fingerprint density at radius 1 is 1.43 bits per heavy atom. The van der Waals surface area contributed by atoms with E-state index in [-0.39, 0.29) is 30.0 Å². The highest BCUT2D eigenvalue weighted by Crippen LogP contribution is 2.21. The molecule has 2 rings (SSSR count). The van der Waals surface area contributed by atoms with E-state index in [2.05, 4.69) is 21.2 Å². The fourth-order valence-corrected chi connectivity index (χ4v) is 2.79. The fraction of sp³-hybridized carbons (Fsp3) is 0.467. The lowest BCUT2D eigenvalue weighted by molar-refractivity contribution is -0.135. The molecule has 1 saturated heterocycles. The zero-order valence-electron chi connectivity index (χ0n) is 12.0. The molecule has 21 heavy (non-hydrogen) atoms. The average molecular weight is 357 g/mol. The Labute approximate surface area is 131 Å². The molecule has 0 aromatic heterocycles. The van der Waals surface area contributed by atoms with E-state index in [1.807, 2.05) is 13.8 Å². The fourth-order valence-electron chi connectivity index (χ4n) is 2.32. The molecule has 1 N–H and O–H groups in total. The second kappa shape index (κ2) is 6.56. The molecule has 1 aliphatic rings. The van der Waals surface area contributed by atoms with Crippen LogP contribution in [0.25, 0.3) is 0 Å². The van der Waals surface area contributed by atoms with E-state index >= 15 is 0 Å². The zero-order valence-corrected chi connectivity index (χ0v) is 13.6. The van der Waals surface area contributed by atoms with Gasteiger partial charge in [-0.2, -0.15) is 0 Å². The highest BCUT2D eigenvalue weighted by molar-refractivity contribution is 9.10. The number of hydrogen-bond acceptors (Lipinski definition) is 2. The van der Waals surface area contributed by atoms with Crippen LogP contribution in [0.2, 0.25) is 0 Å². The lowest BCUT2D eigenvalue weighted by Gasteiger charge is -2.26. The lowest BCUT2D eigenvalue weighted by atomic mass is 10.0. The summed E-state index contributed by atoms with van der Waals surface area (Å²) < 4.78 is 13.7. The maximum atomic E-state index is 13.1. The van der Waals surface area contributed by atoms with Crippen LogP contribution >= 0.6 is 15.9 Å². The summed E-state index contributed by atoms with van der Waals surface area (Å²) in [6, 6.07) is 3.89. The van der Waals surface area contributed by atoms with E-state index in [9.17, 15) is 14.0 Å². The van der Waals surface area contributed by atoms with Crippen LogP contribution in [0.4, 0.5) is 4.39 Å². The summed E-state index contributed by atoms with van der Waals surface area (Å²) >= 11 is 3.31. The van der Waals surface area contributed by atoms with Gasteiger partial charge in [0.2, 0.25) is 11.8 Å². The second-order valence-electron chi connectivity index (χ2n) is 5.53. The van der Waals surface area contributed by atoms with Crippen molar-refractivity contribution < 1.29 is 14.0 Å².